The summed E-state index contributed by atoms with van der Waals surface area (Å²) in [7, 11) is 0. The van der Waals surface area contributed by atoms with E-state index in [-0.39, 0.29) is 16.5 Å². The number of nitrogens with zero attached hydrogens (tertiary/aromatic N) is 5. The number of anilines is 1. The van der Waals surface area contributed by atoms with Crippen LogP contribution >= 0.6 is 11.3 Å². The molecule has 0 saturated heterocycles. The third kappa shape index (κ3) is 5.62. The fraction of sp³-hybridized carbons (Fsp3) is 0.200. The van der Waals surface area contributed by atoms with Crippen LogP contribution in [-0.4, -0.2) is 40.0 Å². The highest BCUT2D eigenvalue weighted by atomic mass is 32.1. The van der Waals surface area contributed by atoms with Crippen LogP contribution in [0.3, 0.4) is 0 Å². The van der Waals surface area contributed by atoms with Crippen molar-refractivity contribution in [1.82, 2.24) is 20.2 Å². The van der Waals surface area contributed by atoms with Crippen LogP contribution in [0.2, 0.25) is 0 Å². The summed E-state index contributed by atoms with van der Waals surface area (Å²) in [6.45, 7) is 5.97. The second-order valence-corrected chi connectivity index (χ2v) is 8.51. The fourth-order valence-corrected chi connectivity index (χ4v) is 4.30. The van der Waals surface area contributed by atoms with Crippen molar-refractivity contribution in [2.75, 3.05) is 18.0 Å². The van der Waals surface area contributed by atoms with Crippen LogP contribution in [0.25, 0.3) is 16.4 Å². The number of aromatic nitrogens is 3. The largest absolute Gasteiger partial charge is 0.435 e. The molecule has 0 bridgehead atoms. The van der Waals surface area contributed by atoms with E-state index >= 15 is 0 Å². The molecular weight excluding hydrogens is 489 g/mol. The van der Waals surface area contributed by atoms with Gasteiger partial charge in [-0.15, -0.1) is 11.3 Å². The molecule has 36 heavy (non-hydrogen) atoms. The second kappa shape index (κ2) is 10.7. The lowest BCUT2D eigenvalue weighted by molar-refractivity contribution is -0.141. The van der Waals surface area contributed by atoms with E-state index in [1.165, 1.54) is 11.6 Å². The van der Waals surface area contributed by atoms with E-state index < -0.39 is 17.8 Å². The Balaban J connectivity index is 1.50. The Morgan fingerprint density at radius 1 is 1.11 bits per heavy atom. The predicted molar refractivity (Wildman–Crippen MR) is 135 cm³/mol. The summed E-state index contributed by atoms with van der Waals surface area (Å²) in [6.07, 6.45) is -3.11. The summed E-state index contributed by atoms with van der Waals surface area (Å²) in [5, 5.41) is 9.26. The molecule has 2 heterocycles. The number of amides is 1. The third-order valence-electron chi connectivity index (χ3n) is 5.38. The van der Waals surface area contributed by atoms with Gasteiger partial charge in [-0.3, -0.25) is 4.79 Å². The van der Waals surface area contributed by atoms with E-state index in [1.54, 1.807) is 30.3 Å². The summed E-state index contributed by atoms with van der Waals surface area (Å²) >= 11 is 1.01. The van der Waals surface area contributed by atoms with Crippen molar-refractivity contribution < 1.29 is 18.0 Å². The van der Waals surface area contributed by atoms with Crippen molar-refractivity contribution in [2.24, 2.45) is 5.10 Å². The zero-order chi connectivity index (χ0) is 25.7. The number of hydrogen-bond acceptors (Lipinski definition) is 6. The second-order valence-electron chi connectivity index (χ2n) is 7.67. The number of alkyl halides is 3. The van der Waals surface area contributed by atoms with Gasteiger partial charge in [-0.05, 0) is 37.6 Å². The normalized spacial score (nSPS) is 11.7. The molecule has 1 amide bonds. The number of carbonyl (C=O) groups is 1. The fourth-order valence-electron chi connectivity index (χ4n) is 3.53. The molecule has 0 spiro atoms. The van der Waals surface area contributed by atoms with Gasteiger partial charge in [0.1, 0.15) is 5.69 Å². The van der Waals surface area contributed by atoms with E-state index in [0.29, 0.717) is 5.56 Å². The molecule has 4 rings (SSSR count). The molecule has 0 aliphatic carbocycles. The molecule has 186 valence electrons. The quantitative estimate of drug-likeness (QED) is 0.245. The maximum Gasteiger partial charge on any atom is 0.435 e. The molecule has 0 saturated carbocycles. The lowest BCUT2D eigenvalue weighted by Crippen LogP contribution is -2.21. The zero-order valence-corrected chi connectivity index (χ0v) is 20.3. The summed E-state index contributed by atoms with van der Waals surface area (Å²) in [4.78, 5) is 18.9. The van der Waals surface area contributed by atoms with Crippen LogP contribution in [0.15, 0.2) is 71.1 Å². The Kier molecular flexibility index (Phi) is 7.49. The molecule has 1 N–H and O–H groups in total. The highest BCUT2D eigenvalue weighted by molar-refractivity contribution is 7.12. The molecular formula is C25H23F3N6OS. The van der Waals surface area contributed by atoms with Gasteiger partial charge in [0.25, 0.3) is 5.91 Å². The van der Waals surface area contributed by atoms with E-state index in [2.05, 4.69) is 39.4 Å². The number of hydrogen-bond donors (Lipinski definition) is 1. The van der Waals surface area contributed by atoms with Crippen LogP contribution in [0, 0.1) is 0 Å². The lowest BCUT2D eigenvalue weighted by Gasteiger charge is -2.20. The first-order valence-electron chi connectivity index (χ1n) is 11.2. The molecule has 7 nitrogen and oxygen atoms in total. The number of hydrazone groups is 1. The molecule has 0 aliphatic rings. The van der Waals surface area contributed by atoms with Crippen LogP contribution in [0.5, 0.6) is 0 Å². The molecule has 0 unspecified atom stereocenters. The van der Waals surface area contributed by atoms with E-state index in [9.17, 15) is 18.0 Å². The van der Waals surface area contributed by atoms with Gasteiger partial charge < -0.3 is 4.90 Å². The number of thiazole rings is 1. The molecule has 4 aromatic rings. The Hall–Kier alpha value is -3.99. The van der Waals surface area contributed by atoms with Crippen molar-refractivity contribution in [3.05, 3.63) is 83.0 Å². The average molecular weight is 513 g/mol. The van der Waals surface area contributed by atoms with Gasteiger partial charge in [0.15, 0.2) is 5.69 Å². The molecule has 0 fully saturated rings. The minimum atomic E-state index is -4.62. The zero-order valence-electron chi connectivity index (χ0n) is 19.5. The van der Waals surface area contributed by atoms with E-state index in [0.717, 1.165) is 46.4 Å². The number of carbonyl (C=O) groups excluding carboxylic acids is 1. The first-order chi connectivity index (χ1) is 17.3. The Morgan fingerprint density at radius 2 is 1.81 bits per heavy atom. The minimum Gasteiger partial charge on any atom is -0.372 e. The van der Waals surface area contributed by atoms with Gasteiger partial charge in [0.05, 0.1) is 11.9 Å². The Bertz CT molecular complexity index is 1340. The molecule has 0 aliphatic heterocycles. The summed E-state index contributed by atoms with van der Waals surface area (Å²) in [5.41, 5.74) is 4.03. The molecule has 0 radical (unpaired) electrons. The smallest absolute Gasteiger partial charge is 0.372 e. The number of halogens is 3. The standard InChI is InChI=1S/C25H23F3N6OS/c1-3-33(4-2)19-12-10-17(11-13-19)15-29-31-23(35)20-16-36-24(30-20)34-21(18-8-6-5-7-9-18)14-22(32-34)25(26,27)28/h5-16H,3-4H2,1-2H3,(H,31,35). The minimum absolute atomic E-state index is 0.0205. The topological polar surface area (TPSA) is 75.4 Å². The van der Waals surface area contributed by atoms with Crippen LogP contribution in [0.4, 0.5) is 18.9 Å². The number of nitrogens with one attached hydrogen (secondary N) is 1. The molecule has 2 aromatic carbocycles. The molecule has 0 atom stereocenters. The van der Waals surface area contributed by atoms with Crippen LogP contribution < -0.4 is 10.3 Å². The summed E-state index contributed by atoms with van der Waals surface area (Å²) in [5.74, 6) is -0.585. The van der Waals surface area contributed by atoms with E-state index in [4.69, 9.17) is 0 Å². The first-order valence-corrected chi connectivity index (χ1v) is 12.0. The maximum absolute atomic E-state index is 13.3. The van der Waals surface area contributed by atoms with Crippen LogP contribution in [0.1, 0.15) is 35.6 Å². The lowest BCUT2D eigenvalue weighted by atomic mass is 10.1. The highest BCUT2D eigenvalue weighted by Crippen LogP contribution is 2.33. The SMILES string of the molecule is CCN(CC)c1ccc(C=NNC(=O)c2csc(-n3nc(C(F)(F)F)cc3-c3ccccc3)n2)cc1. The van der Waals surface area contributed by atoms with Crippen molar-refractivity contribution in [2.45, 2.75) is 20.0 Å². The van der Waals surface area contributed by atoms with Gasteiger partial charge >= 0.3 is 6.18 Å². The average Bonchev–Trinajstić information content (AvgIpc) is 3.54. The predicted octanol–water partition coefficient (Wildman–Crippen LogP) is 5.62. The number of rotatable bonds is 8. The molecule has 2 aromatic heterocycles. The Morgan fingerprint density at radius 3 is 2.44 bits per heavy atom. The monoisotopic (exact) mass is 512 g/mol. The third-order valence-corrected chi connectivity index (χ3v) is 6.19. The number of benzene rings is 2. The summed E-state index contributed by atoms with van der Waals surface area (Å²) in [6, 6.07) is 17.3. The summed E-state index contributed by atoms with van der Waals surface area (Å²) < 4.78 is 41.1. The Labute approximate surface area is 209 Å². The van der Waals surface area contributed by atoms with Gasteiger partial charge in [-0.25, -0.2) is 15.1 Å². The van der Waals surface area contributed by atoms with Crippen LogP contribution in [-0.2, 0) is 6.18 Å². The first kappa shape index (κ1) is 25.1. The van der Waals surface area contributed by atoms with Crippen molar-refractivity contribution in [1.29, 1.82) is 0 Å². The van der Waals surface area contributed by atoms with Crippen molar-refractivity contribution >= 4 is 29.1 Å². The van der Waals surface area contributed by atoms with Gasteiger partial charge in [0.2, 0.25) is 5.13 Å². The van der Waals surface area contributed by atoms with Gasteiger partial charge in [-0.1, -0.05) is 42.5 Å². The van der Waals surface area contributed by atoms with Crippen molar-refractivity contribution in [3.8, 4) is 16.4 Å². The van der Waals surface area contributed by atoms with E-state index in [1.807, 2.05) is 24.3 Å². The van der Waals surface area contributed by atoms with Crippen molar-refractivity contribution in [3.63, 3.8) is 0 Å². The van der Waals surface area contributed by atoms with Gasteiger partial charge in [0, 0.05) is 29.7 Å². The maximum atomic E-state index is 13.3. The van der Waals surface area contributed by atoms with Gasteiger partial charge in [-0.2, -0.15) is 23.4 Å². The highest BCUT2D eigenvalue weighted by Gasteiger charge is 2.35. The molecule has 11 heteroatoms.